The molecule has 0 spiro atoms. The summed E-state index contributed by atoms with van der Waals surface area (Å²) in [6.07, 6.45) is -9.60. The van der Waals surface area contributed by atoms with Gasteiger partial charge >= 0.3 is 12.4 Å². The monoisotopic (exact) mass is 277 g/mol. The average molecular weight is 278 g/mol. The van der Waals surface area contributed by atoms with Crippen LogP contribution in [0.15, 0.2) is 12.1 Å². The van der Waals surface area contributed by atoms with E-state index in [0.29, 0.717) is 6.07 Å². The van der Waals surface area contributed by atoms with Crippen molar-refractivity contribution in [3.8, 4) is 0 Å². The van der Waals surface area contributed by atoms with E-state index in [2.05, 4.69) is 0 Å². The van der Waals surface area contributed by atoms with Gasteiger partial charge in [0.1, 0.15) is 0 Å². The second-order valence-corrected chi connectivity index (χ2v) is 3.60. The number of nitrogens with two attached hydrogens (primary N) is 1. The van der Waals surface area contributed by atoms with E-state index in [9.17, 15) is 26.3 Å². The minimum Gasteiger partial charge on any atom is -0.326 e. The fourth-order valence-corrected chi connectivity index (χ4v) is 1.65. The van der Waals surface area contributed by atoms with Crippen molar-refractivity contribution >= 4 is 11.6 Å². The van der Waals surface area contributed by atoms with Gasteiger partial charge in [-0.15, -0.1) is 0 Å². The molecule has 1 nitrogen and oxygen atoms in total. The maximum absolute atomic E-state index is 12.5. The normalized spacial score (nSPS) is 12.9. The van der Waals surface area contributed by atoms with Gasteiger partial charge in [-0.05, 0) is 17.7 Å². The van der Waals surface area contributed by atoms with Gasteiger partial charge in [0.15, 0.2) is 0 Å². The third kappa shape index (κ3) is 3.04. The molecule has 0 amide bonds. The zero-order valence-corrected chi connectivity index (χ0v) is 8.84. The van der Waals surface area contributed by atoms with Crippen LogP contribution in [0.4, 0.5) is 26.3 Å². The highest BCUT2D eigenvalue weighted by Gasteiger charge is 2.39. The van der Waals surface area contributed by atoms with E-state index in [0.717, 1.165) is 0 Å². The summed E-state index contributed by atoms with van der Waals surface area (Å²) in [5.41, 5.74) is 1.74. The Labute approximate surface area is 97.2 Å². The molecule has 0 saturated carbocycles. The summed E-state index contributed by atoms with van der Waals surface area (Å²) < 4.78 is 74.5. The second kappa shape index (κ2) is 4.38. The molecule has 0 aliphatic heterocycles. The molecule has 0 unspecified atom stereocenters. The number of hydrogen-bond acceptors (Lipinski definition) is 1. The van der Waals surface area contributed by atoms with Gasteiger partial charge in [-0.1, -0.05) is 11.6 Å². The van der Waals surface area contributed by atoms with Crippen LogP contribution in [-0.4, -0.2) is 0 Å². The predicted molar refractivity (Wildman–Crippen MR) is 49.3 cm³/mol. The first-order chi connectivity index (χ1) is 7.57. The molecule has 0 heterocycles. The lowest BCUT2D eigenvalue weighted by Gasteiger charge is -2.16. The van der Waals surface area contributed by atoms with Crippen molar-refractivity contribution < 1.29 is 26.3 Å². The molecule has 0 atom stereocenters. The fourth-order valence-electron chi connectivity index (χ4n) is 1.31. The summed E-state index contributed by atoms with van der Waals surface area (Å²) in [6, 6.07) is 0.595. The number of rotatable bonds is 1. The van der Waals surface area contributed by atoms with Crippen molar-refractivity contribution in [2.24, 2.45) is 5.73 Å². The molecule has 1 aromatic rings. The highest BCUT2D eigenvalue weighted by Crippen LogP contribution is 2.40. The SMILES string of the molecule is NCc1cc(C(F)(F)F)cc(Cl)c1C(F)(F)F. The molecule has 1 rings (SSSR count). The van der Waals surface area contributed by atoms with Crippen LogP contribution in [0.1, 0.15) is 16.7 Å². The molecular weight excluding hydrogens is 272 g/mol. The van der Waals surface area contributed by atoms with E-state index in [1.807, 2.05) is 0 Å². The largest absolute Gasteiger partial charge is 0.418 e. The van der Waals surface area contributed by atoms with Gasteiger partial charge in [0, 0.05) is 6.54 Å². The molecule has 0 saturated heterocycles. The molecule has 0 aliphatic rings. The number of benzene rings is 1. The third-order valence-electron chi connectivity index (χ3n) is 2.00. The Kier molecular flexibility index (Phi) is 3.63. The van der Waals surface area contributed by atoms with Crippen LogP contribution in [0.25, 0.3) is 0 Å². The first-order valence-corrected chi connectivity index (χ1v) is 4.62. The van der Waals surface area contributed by atoms with Crippen LogP contribution >= 0.6 is 11.6 Å². The Morgan fingerprint density at radius 1 is 1.00 bits per heavy atom. The summed E-state index contributed by atoms with van der Waals surface area (Å²) in [4.78, 5) is 0. The Hall–Kier alpha value is -0.950. The molecule has 0 fully saturated rings. The smallest absolute Gasteiger partial charge is 0.326 e. The molecule has 17 heavy (non-hydrogen) atoms. The van der Waals surface area contributed by atoms with Gasteiger partial charge in [-0.25, -0.2) is 0 Å². The van der Waals surface area contributed by atoms with E-state index in [-0.39, 0.29) is 6.07 Å². The van der Waals surface area contributed by atoms with Gasteiger partial charge < -0.3 is 5.73 Å². The van der Waals surface area contributed by atoms with Crippen LogP contribution in [0.3, 0.4) is 0 Å². The van der Waals surface area contributed by atoms with Crippen molar-refractivity contribution in [1.29, 1.82) is 0 Å². The lowest BCUT2D eigenvalue weighted by atomic mass is 10.0. The zero-order chi connectivity index (χ0) is 13.4. The van der Waals surface area contributed by atoms with Crippen molar-refractivity contribution in [3.05, 3.63) is 33.8 Å². The summed E-state index contributed by atoms with van der Waals surface area (Å²) >= 11 is 5.23. The van der Waals surface area contributed by atoms with E-state index in [1.165, 1.54) is 0 Å². The summed E-state index contributed by atoms with van der Waals surface area (Å²) in [5.74, 6) is 0. The molecule has 1 aromatic carbocycles. The van der Waals surface area contributed by atoms with Crippen LogP contribution < -0.4 is 5.73 Å². The molecule has 2 N–H and O–H groups in total. The van der Waals surface area contributed by atoms with E-state index >= 15 is 0 Å². The zero-order valence-electron chi connectivity index (χ0n) is 8.08. The van der Waals surface area contributed by atoms with E-state index in [1.54, 1.807) is 0 Å². The Morgan fingerprint density at radius 3 is 1.88 bits per heavy atom. The molecule has 96 valence electrons. The third-order valence-corrected chi connectivity index (χ3v) is 2.30. The number of hydrogen-bond donors (Lipinski definition) is 1. The predicted octanol–water partition coefficient (Wildman–Crippen LogP) is 3.84. The standard InChI is InChI=1S/C9H6ClF6N/c10-6-2-5(8(11,12)13)1-4(3-17)7(6)9(14,15)16/h1-2H,3,17H2. The molecule has 8 heteroatoms. The van der Waals surface area contributed by atoms with Gasteiger partial charge in [0.2, 0.25) is 0 Å². The topological polar surface area (TPSA) is 26.0 Å². The highest BCUT2D eigenvalue weighted by molar-refractivity contribution is 6.31. The first kappa shape index (κ1) is 14.1. The lowest BCUT2D eigenvalue weighted by molar-refractivity contribution is -0.141. The maximum atomic E-state index is 12.5. The second-order valence-electron chi connectivity index (χ2n) is 3.19. The lowest BCUT2D eigenvalue weighted by Crippen LogP contribution is -2.15. The summed E-state index contributed by atoms with van der Waals surface area (Å²) in [5, 5.41) is -1.01. The quantitative estimate of drug-likeness (QED) is 0.776. The van der Waals surface area contributed by atoms with Crippen LogP contribution in [-0.2, 0) is 18.9 Å². The average Bonchev–Trinajstić information content (AvgIpc) is 2.12. The van der Waals surface area contributed by atoms with E-state index in [4.69, 9.17) is 17.3 Å². The molecule has 0 bridgehead atoms. The number of halogens is 7. The van der Waals surface area contributed by atoms with Gasteiger partial charge in [-0.3, -0.25) is 0 Å². The minimum absolute atomic E-state index is 0.240. The number of alkyl halides is 6. The van der Waals surface area contributed by atoms with Crippen LogP contribution in [0.2, 0.25) is 5.02 Å². The maximum Gasteiger partial charge on any atom is 0.418 e. The van der Waals surface area contributed by atoms with Gasteiger partial charge in [0.25, 0.3) is 0 Å². The summed E-state index contributed by atoms with van der Waals surface area (Å²) in [6.45, 7) is -0.682. The Bertz CT molecular complexity index is 423. The van der Waals surface area contributed by atoms with Crippen molar-refractivity contribution in [2.45, 2.75) is 18.9 Å². The minimum atomic E-state index is -4.84. The van der Waals surface area contributed by atoms with Crippen molar-refractivity contribution in [3.63, 3.8) is 0 Å². The van der Waals surface area contributed by atoms with Crippen LogP contribution in [0, 0.1) is 0 Å². The van der Waals surface area contributed by atoms with Gasteiger partial charge in [-0.2, -0.15) is 26.3 Å². The van der Waals surface area contributed by atoms with Gasteiger partial charge in [0.05, 0.1) is 16.1 Å². The van der Waals surface area contributed by atoms with E-state index < -0.39 is 40.6 Å². The Morgan fingerprint density at radius 2 is 1.53 bits per heavy atom. The summed E-state index contributed by atoms with van der Waals surface area (Å²) in [7, 11) is 0. The molecular formula is C9H6ClF6N. The van der Waals surface area contributed by atoms with Crippen molar-refractivity contribution in [2.75, 3.05) is 0 Å². The molecule has 0 aromatic heterocycles. The first-order valence-electron chi connectivity index (χ1n) is 4.24. The molecule has 0 aliphatic carbocycles. The van der Waals surface area contributed by atoms with Crippen molar-refractivity contribution in [1.82, 2.24) is 0 Å². The Balaban J connectivity index is 3.47. The van der Waals surface area contributed by atoms with Crippen LogP contribution in [0.5, 0.6) is 0 Å². The molecule has 0 radical (unpaired) electrons. The fraction of sp³-hybridized carbons (Fsp3) is 0.333. The highest BCUT2D eigenvalue weighted by atomic mass is 35.5.